The number of carbonyl (C=O) groups is 1. The van der Waals surface area contributed by atoms with E-state index in [1.54, 1.807) is 0 Å². The van der Waals surface area contributed by atoms with E-state index in [-0.39, 0.29) is 5.91 Å². The third kappa shape index (κ3) is 3.70. The van der Waals surface area contributed by atoms with Crippen molar-refractivity contribution in [2.24, 2.45) is 0 Å². The molecule has 4 nitrogen and oxygen atoms in total. The van der Waals surface area contributed by atoms with Crippen LogP contribution >= 0.6 is 0 Å². The minimum atomic E-state index is -0.0395. The molecule has 1 aliphatic carbocycles. The van der Waals surface area contributed by atoms with E-state index in [4.69, 9.17) is 4.74 Å². The average molecular weight is 262 g/mol. The van der Waals surface area contributed by atoms with E-state index in [1.807, 2.05) is 26.0 Å². The molecule has 104 valence electrons. The van der Waals surface area contributed by atoms with Gasteiger partial charge in [-0.2, -0.15) is 0 Å². The van der Waals surface area contributed by atoms with E-state index in [0.29, 0.717) is 12.1 Å². The molecule has 0 aliphatic heterocycles. The van der Waals surface area contributed by atoms with Crippen LogP contribution in [-0.2, 0) is 9.53 Å². The van der Waals surface area contributed by atoms with Gasteiger partial charge in [-0.1, -0.05) is 0 Å². The van der Waals surface area contributed by atoms with Crippen molar-refractivity contribution in [3.63, 3.8) is 0 Å². The molecule has 0 bridgehead atoms. The van der Waals surface area contributed by atoms with Crippen molar-refractivity contribution < 1.29 is 9.53 Å². The van der Waals surface area contributed by atoms with Crippen LogP contribution in [0, 0.1) is 6.92 Å². The number of amides is 1. The molecule has 0 saturated heterocycles. The Hall–Kier alpha value is -1.55. The van der Waals surface area contributed by atoms with E-state index >= 15 is 0 Å². The maximum Gasteiger partial charge on any atom is 0.221 e. The summed E-state index contributed by atoms with van der Waals surface area (Å²) in [7, 11) is 0. The third-order valence-corrected chi connectivity index (χ3v) is 3.41. The lowest BCUT2D eigenvalue weighted by Gasteiger charge is -2.36. The number of aryl methyl sites for hydroxylation is 1. The number of carbonyl (C=O) groups excluding carboxylic acids is 1. The van der Waals surface area contributed by atoms with E-state index in [1.165, 1.54) is 6.92 Å². The molecule has 1 aliphatic rings. The van der Waals surface area contributed by atoms with E-state index < -0.39 is 0 Å². The number of benzene rings is 1. The Labute approximate surface area is 114 Å². The van der Waals surface area contributed by atoms with Crippen LogP contribution in [0.25, 0.3) is 0 Å². The zero-order valence-electron chi connectivity index (χ0n) is 11.8. The Morgan fingerprint density at radius 1 is 1.42 bits per heavy atom. The van der Waals surface area contributed by atoms with Gasteiger partial charge in [0.15, 0.2) is 0 Å². The van der Waals surface area contributed by atoms with Crippen LogP contribution in [0.5, 0.6) is 0 Å². The molecular weight excluding hydrogens is 240 g/mol. The van der Waals surface area contributed by atoms with Crippen molar-refractivity contribution in [1.82, 2.24) is 0 Å². The highest BCUT2D eigenvalue weighted by atomic mass is 16.5. The second-order valence-corrected chi connectivity index (χ2v) is 5.10. The summed E-state index contributed by atoms with van der Waals surface area (Å²) in [6.45, 7) is 6.35. The quantitative estimate of drug-likeness (QED) is 0.857. The van der Waals surface area contributed by atoms with Gasteiger partial charge in [-0.25, -0.2) is 0 Å². The number of anilines is 2. The number of ether oxygens (including phenoxy) is 1. The summed E-state index contributed by atoms with van der Waals surface area (Å²) < 4.78 is 5.54. The van der Waals surface area contributed by atoms with Crippen molar-refractivity contribution in [1.29, 1.82) is 0 Å². The highest BCUT2D eigenvalue weighted by Gasteiger charge is 2.29. The number of nitrogens with one attached hydrogen (secondary N) is 2. The molecule has 4 heteroatoms. The SMILES string of the molecule is CCOC1CC(Nc2ccc(NC(C)=O)c(C)c2)C1. The minimum Gasteiger partial charge on any atom is -0.382 e. The highest BCUT2D eigenvalue weighted by Crippen LogP contribution is 2.28. The molecule has 0 heterocycles. The average Bonchev–Trinajstić information content (AvgIpc) is 2.29. The molecule has 1 aromatic rings. The van der Waals surface area contributed by atoms with Crippen LogP contribution in [0.3, 0.4) is 0 Å². The largest absolute Gasteiger partial charge is 0.382 e. The zero-order valence-corrected chi connectivity index (χ0v) is 11.8. The summed E-state index contributed by atoms with van der Waals surface area (Å²) in [6.07, 6.45) is 2.56. The second-order valence-electron chi connectivity index (χ2n) is 5.10. The van der Waals surface area contributed by atoms with Gasteiger partial charge in [0.1, 0.15) is 0 Å². The lowest BCUT2D eigenvalue weighted by atomic mass is 9.89. The van der Waals surface area contributed by atoms with E-state index in [2.05, 4.69) is 16.7 Å². The van der Waals surface area contributed by atoms with Crippen LogP contribution < -0.4 is 10.6 Å². The summed E-state index contributed by atoms with van der Waals surface area (Å²) in [5.74, 6) is -0.0395. The fourth-order valence-electron chi connectivity index (χ4n) is 2.37. The smallest absolute Gasteiger partial charge is 0.221 e. The predicted molar refractivity (Wildman–Crippen MR) is 77.5 cm³/mol. The van der Waals surface area contributed by atoms with Crippen LogP contribution in [0.4, 0.5) is 11.4 Å². The van der Waals surface area contributed by atoms with Gasteiger partial charge >= 0.3 is 0 Å². The van der Waals surface area contributed by atoms with Crippen LogP contribution in [0.15, 0.2) is 18.2 Å². The zero-order chi connectivity index (χ0) is 13.8. The van der Waals surface area contributed by atoms with Gasteiger partial charge in [-0.05, 0) is 50.5 Å². The third-order valence-electron chi connectivity index (χ3n) is 3.41. The molecule has 2 rings (SSSR count). The fraction of sp³-hybridized carbons (Fsp3) is 0.533. The second kappa shape index (κ2) is 6.06. The first-order chi connectivity index (χ1) is 9.08. The molecule has 1 aromatic carbocycles. The van der Waals surface area contributed by atoms with Gasteiger partial charge in [0.05, 0.1) is 6.10 Å². The Kier molecular flexibility index (Phi) is 4.43. The van der Waals surface area contributed by atoms with Crippen LogP contribution in [0.1, 0.15) is 32.3 Å². The molecule has 0 radical (unpaired) electrons. The minimum absolute atomic E-state index is 0.0395. The van der Waals surface area contributed by atoms with Gasteiger partial charge < -0.3 is 15.4 Å². The summed E-state index contributed by atoms with van der Waals surface area (Å²) in [6, 6.07) is 6.52. The molecule has 2 N–H and O–H groups in total. The van der Waals surface area contributed by atoms with Crippen molar-refractivity contribution >= 4 is 17.3 Å². The monoisotopic (exact) mass is 262 g/mol. The Morgan fingerprint density at radius 2 is 2.16 bits per heavy atom. The molecule has 0 spiro atoms. The Balaban J connectivity index is 1.89. The maximum absolute atomic E-state index is 11.0. The standard InChI is InChI=1S/C15H22N2O2/c1-4-19-14-8-13(9-14)17-12-5-6-15(10(2)7-12)16-11(3)18/h5-7,13-14,17H,4,8-9H2,1-3H3,(H,16,18). The van der Waals surface area contributed by atoms with Crippen LogP contribution in [-0.4, -0.2) is 24.7 Å². The highest BCUT2D eigenvalue weighted by molar-refractivity contribution is 5.89. The summed E-state index contributed by atoms with van der Waals surface area (Å²) >= 11 is 0. The first-order valence-corrected chi connectivity index (χ1v) is 6.85. The van der Waals surface area contributed by atoms with E-state index in [9.17, 15) is 4.79 Å². The van der Waals surface area contributed by atoms with Gasteiger partial charge in [0, 0.05) is 30.9 Å². The molecule has 19 heavy (non-hydrogen) atoms. The molecule has 1 saturated carbocycles. The van der Waals surface area contributed by atoms with Gasteiger partial charge in [-0.3, -0.25) is 4.79 Å². The van der Waals surface area contributed by atoms with Crippen molar-refractivity contribution in [2.75, 3.05) is 17.2 Å². The maximum atomic E-state index is 11.0. The molecule has 1 amide bonds. The van der Waals surface area contributed by atoms with Gasteiger partial charge in [0.2, 0.25) is 5.91 Å². The van der Waals surface area contributed by atoms with Gasteiger partial charge in [-0.15, -0.1) is 0 Å². The molecule has 0 aromatic heterocycles. The summed E-state index contributed by atoms with van der Waals surface area (Å²) in [5.41, 5.74) is 3.05. The van der Waals surface area contributed by atoms with Crippen molar-refractivity contribution in [2.45, 2.75) is 45.8 Å². The number of hydrogen-bond donors (Lipinski definition) is 2. The Bertz CT molecular complexity index is 453. The number of rotatable bonds is 5. The molecular formula is C15H22N2O2. The normalized spacial score (nSPS) is 21.6. The van der Waals surface area contributed by atoms with Crippen molar-refractivity contribution in [3.05, 3.63) is 23.8 Å². The molecule has 0 atom stereocenters. The number of hydrogen-bond acceptors (Lipinski definition) is 3. The van der Waals surface area contributed by atoms with Crippen LogP contribution in [0.2, 0.25) is 0 Å². The lowest BCUT2D eigenvalue weighted by Crippen LogP contribution is -2.40. The van der Waals surface area contributed by atoms with Crippen molar-refractivity contribution in [3.8, 4) is 0 Å². The van der Waals surface area contributed by atoms with Gasteiger partial charge in [0.25, 0.3) is 0 Å². The summed E-state index contributed by atoms with van der Waals surface area (Å²) in [5, 5.41) is 6.31. The summed E-state index contributed by atoms with van der Waals surface area (Å²) in [4.78, 5) is 11.0. The topological polar surface area (TPSA) is 50.4 Å². The first-order valence-electron chi connectivity index (χ1n) is 6.85. The lowest BCUT2D eigenvalue weighted by molar-refractivity contribution is -0.114. The fourth-order valence-corrected chi connectivity index (χ4v) is 2.37. The predicted octanol–water partition coefficient (Wildman–Crippen LogP) is 2.93. The first kappa shape index (κ1) is 13.9. The molecule has 0 unspecified atom stereocenters. The Morgan fingerprint density at radius 3 is 2.74 bits per heavy atom. The van der Waals surface area contributed by atoms with E-state index in [0.717, 1.165) is 36.4 Å². The molecule has 1 fully saturated rings.